The van der Waals surface area contributed by atoms with E-state index in [2.05, 4.69) is 24.2 Å². The molecular weight excluding hydrogens is 314 g/mol. The summed E-state index contributed by atoms with van der Waals surface area (Å²) in [6.07, 6.45) is 0.854. The lowest BCUT2D eigenvalue weighted by Crippen LogP contribution is -2.50. The molecule has 1 heterocycles. The normalized spacial score (nSPS) is 20.1. The van der Waals surface area contributed by atoms with Crippen LogP contribution in [0.1, 0.15) is 24.9 Å². The lowest BCUT2D eigenvalue weighted by molar-refractivity contribution is -0.0377. The predicted molar refractivity (Wildman–Crippen MR) is 92.9 cm³/mol. The highest BCUT2D eigenvalue weighted by Crippen LogP contribution is 2.24. The van der Waals surface area contributed by atoms with Crippen LogP contribution in [0.5, 0.6) is 0 Å². The van der Waals surface area contributed by atoms with Gasteiger partial charge in [-0.1, -0.05) is 30.7 Å². The first-order chi connectivity index (χ1) is 11.0. The van der Waals surface area contributed by atoms with Crippen molar-refractivity contribution in [3.63, 3.8) is 0 Å². The summed E-state index contributed by atoms with van der Waals surface area (Å²) in [5.74, 6) is 0. The molecule has 0 bridgehead atoms. The molecule has 0 aliphatic carbocycles. The third kappa shape index (κ3) is 5.09. The molecule has 1 saturated heterocycles. The minimum atomic E-state index is -0.193. The number of hydrogen-bond acceptors (Lipinski definition) is 3. The van der Waals surface area contributed by atoms with E-state index in [1.807, 2.05) is 31.3 Å². The first kappa shape index (κ1) is 18.0. The van der Waals surface area contributed by atoms with Crippen LogP contribution in [0.2, 0.25) is 5.02 Å². The summed E-state index contributed by atoms with van der Waals surface area (Å²) >= 11 is 5.99. The van der Waals surface area contributed by atoms with Gasteiger partial charge in [-0.15, -0.1) is 0 Å². The molecule has 0 saturated carbocycles. The number of carbonyl (C=O) groups is 1. The Bertz CT molecular complexity index is 509. The Balaban J connectivity index is 2.17. The van der Waals surface area contributed by atoms with Crippen molar-refractivity contribution >= 4 is 17.6 Å². The van der Waals surface area contributed by atoms with Crippen molar-refractivity contribution in [2.75, 3.05) is 40.3 Å². The molecule has 2 rings (SSSR count). The minimum Gasteiger partial charge on any atom is -0.373 e. The van der Waals surface area contributed by atoms with E-state index >= 15 is 0 Å². The number of morpholine rings is 1. The zero-order chi connectivity index (χ0) is 16.8. The van der Waals surface area contributed by atoms with Gasteiger partial charge in [-0.3, -0.25) is 0 Å². The maximum absolute atomic E-state index is 12.4. The van der Waals surface area contributed by atoms with Crippen LogP contribution in [0.25, 0.3) is 0 Å². The molecule has 0 radical (unpaired) electrons. The Kier molecular flexibility index (Phi) is 6.69. The van der Waals surface area contributed by atoms with Crippen molar-refractivity contribution in [1.29, 1.82) is 0 Å². The van der Waals surface area contributed by atoms with Gasteiger partial charge in [0.15, 0.2) is 0 Å². The summed E-state index contributed by atoms with van der Waals surface area (Å²) in [5.41, 5.74) is 1.01. The molecule has 0 aromatic heterocycles. The molecule has 128 valence electrons. The number of carbonyl (C=O) groups excluding carboxylic acids is 1. The largest absolute Gasteiger partial charge is 0.373 e. The number of urea groups is 1. The molecule has 1 aromatic carbocycles. The molecule has 6 heteroatoms. The van der Waals surface area contributed by atoms with Crippen LogP contribution < -0.4 is 5.32 Å². The number of rotatable bonds is 5. The van der Waals surface area contributed by atoms with Crippen LogP contribution >= 0.6 is 11.6 Å². The number of hydrogen-bond donors (Lipinski definition) is 1. The summed E-state index contributed by atoms with van der Waals surface area (Å²) in [6, 6.07) is 7.32. The van der Waals surface area contributed by atoms with Crippen molar-refractivity contribution in [2.24, 2.45) is 0 Å². The Morgan fingerprint density at radius 2 is 2.17 bits per heavy atom. The van der Waals surface area contributed by atoms with E-state index in [9.17, 15) is 4.79 Å². The third-order valence-corrected chi connectivity index (χ3v) is 4.33. The van der Waals surface area contributed by atoms with Crippen molar-refractivity contribution in [3.8, 4) is 0 Å². The molecular formula is C17H26ClN3O2. The predicted octanol–water partition coefficient (Wildman–Crippen LogP) is 2.76. The fourth-order valence-electron chi connectivity index (χ4n) is 2.75. The van der Waals surface area contributed by atoms with Gasteiger partial charge >= 0.3 is 6.03 Å². The van der Waals surface area contributed by atoms with Crippen molar-refractivity contribution in [2.45, 2.75) is 25.5 Å². The third-order valence-electron chi connectivity index (χ3n) is 4.08. The molecule has 1 N–H and O–H groups in total. The van der Waals surface area contributed by atoms with Gasteiger partial charge in [-0.25, -0.2) is 4.79 Å². The topological polar surface area (TPSA) is 44.8 Å². The maximum atomic E-state index is 12.4. The fraction of sp³-hybridized carbons (Fsp3) is 0.588. The second-order valence-corrected chi connectivity index (χ2v) is 6.51. The van der Waals surface area contributed by atoms with Crippen molar-refractivity contribution in [1.82, 2.24) is 15.1 Å². The van der Waals surface area contributed by atoms with E-state index < -0.39 is 0 Å². The quantitative estimate of drug-likeness (QED) is 0.897. The summed E-state index contributed by atoms with van der Waals surface area (Å²) in [4.78, 5) is 16.4. The number of nitrogens with one attached hydrogen (secondary N) is 1. The van der Waals surface area contributed by atoms with Crippen LogP contribution in [-0.2, 0) is 4.74 Å². The first-order valence-electron chi connectivity index (χ1n) is 8.08. The van der Waals surface area contributed by atoms with Crippen molar-refractivity contribution in [3.05, 3.63) is 34.9 Å². The van der Waals surface area contributed by atoms with E-state index in [4.69, 9.17) is 16.3 Å². The Labute approximate surface area is 143 Å². The lowest BCUT2D eigenvalue weighted by atomic mass is 10.00. The molecule has 2 atom stereocenters. The Morgan fingerprint density at radius 3 is 2.78 bits per heavy atom. The molecule has 1 aliphatic rings. The number of ether oxygens (including phenoxy) is 1. The summed E-state index contributed by atoms with van der Waals surface area (Å²) in [5, 5.41) is 3.80. The lowest BCUT2D eigenvalue weighted by Gasteiger charge is -2.36. The highest BCUT2D eigenvalue weighted by molar-refractivity contribution is 6.30. The van der Waals surface area contributed by atoms with Gasteiger partial charge in [0.2, 0.25) is 0 Å². The average Bonchev–Trinajstić information content (AvgIpc) is 2.53. The van der Waals surface area contributed by atoms with Crippen molar-refractivity contribution < 1.29 is 9.53 Å². The highest BCUT2D eigenvalue weighted by atomic mass is 35.5. The average molecular weight is 340 g/mol. The zero-order valence-corrected chi connectivity index (χ0v) is 14.8. The molecule has 1 aliphatic heterocycles. The van der Waals surface area contributed by atoms with Crippen LogP contribution in [0.15, 0.2) is 24.3 Å². The second-order valence-electron chi connectivity index (χ2n) is 6.07. The van der Waals surface area contributed by atoms with Gasteiger partial charge in [0.1, 0.15) is 0 Å². The van der Waals surface area contributed by atoms with Crippen LogP contribution in [-0.4, -0.2) is 62.3 Å². The van der Waals surface area contributed by atoms with E-state index in [1.54, 1.807) is 4.90 Å². The zero-order valence-electron chi connectivity index (χ0n) is 14.1. The van der Waals surface area contributed by atoms with Gasteiger partial charge in [0, 0.05) is 31.7 Å². The Hall–Kier alpha value is -1.30. The molecule has 5 nitrogen and oxygen atoms in total. The molecule has 23 heavy (non-hydrogen) atoms. The smallest absolute Gasteiger partial charge is 0.317 e. The van der Waals surface area contributed by atoms with E-state index in [1.165, 1.54) is 0 Å². The number of amides is 2. The van der Waals surface area contributed by atoms with E-state index in [0.717, 1.165) is 31.6 Å². The van der Waals surface area contributed by atoms with Gasteiger partial charge in [0.05, 0.1) is 18.8 Å². The second kappa shape index (κ2) is 8.52. The fourth-order valence-corrected chi connectivity index (χ4v) is 2.88. The molecule has 0 spiro atoms. The first-order valence-corrected chi connectivity index (χ1v) is 8.46. The maximum Gasteiger partial charge on any atom is 0.317 e. The summed E-state index contributed by atoms with van der Waals surface area (Å²) < 4.78 is 5.93. The molecule has 1 fully saturated rings. The SMILES string of the molecule is CCCN(C)C(=O)N[C@@H](c1ccc(Cl)cc1)[C@H]1CN(C)CCO1. The van der Waals surface area contributed by atoms with Crippen LogP contribution in [0, 0.1) is 0 Å². The van der Waals surface area contributed by atoms with E-state index in [0.29, 0.717) is 11.6 Å². The van der Waals surface area contributed by atoms with Gasteiger partial charge < -0.3 is 19.9 Å². The standard InChI is InChI=1S/C17H26ClN3O2/c1-4-9-21(3)17(22)19-16(13-5-7-14(18)8-6-13)15-12-20(2)10-11-23-15/h5-8,15-16H,4,9-12H2,1-3H3,(H,19,22)/t15-,16+/m1/s1. The minimum absolute atomic E-state index is 0.0751. The molecule has 2 amide bonds. The summed E-state index contributed by atoms with van der Waals surface area (Å²) in [7, 11) is 3.88. The van der Waals surface area contributed by atoms with Gasteiger partial charge in [-0.2, -0.15) is 0 Å². The number of nitrogens with zero attached hydrogens (tertiary/aromatic N) is 2. The number of likely N-dealkylation sites (N-methyl/N-ethyl adjacent to an activating group) is 1. The number of halogens is 1. The van der Waals surface area contributed by atoms with Gasteiger partial charge in [0.25, 0.3) is 0 Å². The Morgan fingerprint density at radius 1 is 1.48 bits per heavy atom. The monoisotopic (exact) mass is 339 g/mol. The highest BCUT2D eigenvalue weighted by Gasteiger charge is 2.30. The molecule has 0 unspecified atom stereocenters. The van der Waals surface area contributed by atoms with Crippen LogP contribution in [0.3, 0.4) is 0 Å². The van der Waals surface area contributed by atoms with Gasteiger partial charge in [-0.05, 0) is 31.2 Å². The molecule has 1 aromatic rings. The number of benzene rings is 1. The van der Waals surface area contributed by atoms with E-state index in [-0.39, 0.29) is 18.2 Å². The summed E-state index contributed by atoms with van der Waals surface area (Å²) in [6.45, 7) is 5.15. The van der Waals surface area contributed by atoms with Crippen LogP contribution in [0.4, 0.5) is 4.79 Å².